The van der Waals surface area contributed by atoms with Gasteiger partial charge < -0.3 is 9.88 Å². The first-order valence-electron chi connectivity index (χ1n) is 5.16. The molecule has 72 valence electrons. The fraction of sp³-hybridized carbons (Fsp3) is 0.636. The molecule has 1 atom stereocenters. The first-order chi connectivity index (χ1) is 6.31. The highest BCUT2D eigenvalue weighted by atomic mass is 15.1. The third-order valence-corrected chi connectivity index (χ3v) is 3.25. The van der Waals surface area contributed by atoms with Crippen LogP contribution >= 0.6 is 0 Å². The van der Waals surface area contributed by atoms with E-state index in [1.165, 1.54) is 30.4 Å². The van der Waals surface area contributed by atoms with Gasteiger partial charge in [0.15, 0.2) is 0 Å². The summed E-state index contributed by atoms with van der Waals surface area (Å²) in [6.07, 6.45) is 8.09. The zero-order valence-corrected chi connectivity index (χ0v) is 8.51. The van der Waals surface area contributed by atoms with Crippen molar-refractivity contribution in [3.05, 3.63) is 23.5 Å². The van der Waals surface area contributed by atoms with Crippen LogP contribution in [-0.2, 0) is 12.8 Å². The van der Waals surface area contributed by atoms with Gasteiger partial charge in [-0.2, -0.15) is 0 Å². The second-order valence-corrected chi connectivity index (χ2v) is 3.98. The molecule has 1 aliphatic carbocycles. The van der Waals surface area contributed by atoms with Crippen LogP contribution in [0.5, 0.6) is 0 Å². The van der Waals surface area contributed by atoms with Gasteiger partial charge in [-0.1, -0.05) is 6.92 Å². The SMILES string of the molecule is CCN(C)C1CCc2c[nH]cc2C1. The van der Waals surface area contributed by atoms with E-state index >= 15 is 0 Å². The number of H-pyrrole nitrogens is 1. The Balaban J connectivity index is 2.08. The van der Waals surface area contributed by atoms with Gasteiger partial charge in [0, 0.05) is 18.4 Å². The Hall–Kier alpha value is -0.760. The number of hydrogen-bond donors (Lipinski definition) is 1. The summed E-state index contributed by atoms with van der Waals surface area (Å²) in [6.45, 7) is 3.39. The molecule has 1 aliphatic rings. The lowest BCUT2D eigenvalue weighted by Gasteiger charge is -2.30. The largest absolute Gasteiger partial charge is 0.367 e. The van der Waals surface area contributed by atoms with Gasteiger partial charge in [0.1, 0.15) is 0 Å². The minimum absolute atomic E-state index is 0.758. The summed E-state index contributed by atoms with van der Waals surface area (Å²) in [6, 6.07) is 0.758. The lowest BCUT2D eigenvalue weighted by atomic mass is 9.91. The number of rotatable bonds is 2. The van der Waals surface area contributed by atoms with Crippen LogP contribution in [0.25, 0.3) is 0 Å². The van der Waals surface area contributed by atoms with E-state index in [0.29, 0.717) is 0 Å². The maximum Gasteiger partial charge on any atom is 0.0136 e. The summed E-state index contributed by atoms with van der Waals surface area (Å²) in [7, 11) is 2.22. The average molecular weight is 178 g/mol. The van der Waals surface area contributed by atoms with Gasteiger partial charge in [0.05, 0.1) is 0 Å². The molecule has 0 saturated carbocycles. The van der Waals surface area contributed by atoms with Crippen LogP contribution < -0.4 is 0 Å². The molecule has 0 aliphatic heterocycles. The number of aryl methyl sites for hydroxylation is 1. The van der Waals surface area contributed by atoms with Gasteiger partial charge in [0.2, 0.25) is 0 Å². The van der Waals surface area contributed by atoms with Crippen LogP contribution in [0, 0.1) is 0 Å². The van der Waals surface area contributed by atoms with Gasteiger partial charge in [-0.3, -0.25) is 0 Å². The molecule has 1 heterocycles. The minimum atomic E-state index is 0.758. The molecule has 2 heteroatoms. The van der Waals surface area contributed by atoms with E-state index in [9.17, 15) is 0 Å². The molecule has 2 nitrogen and oxygen atoms in total. The maximum atomic E-state index is 3.20. The van der Waals surface area contributed by atoms with Crippen molar-refractivity contribution in [1.82, 2.24) is 9.88 Å². The number of hydrogen-bond acceptors (Lipinski definition) is 1. The van der Waals surface area contributed by atoms with Crippen LogP contribution in [0.1, 0.15) is 24.5 Å². The highest BCUT2D eigenvalue weighted by molar-refractivity contribution is 5.27. The molecule has 13 heavy (non-hydrogen) atoms. The van der Waals surface area contributed by atoms with Crippen molar-refractivity contribution in [3.8, 4) is 0 Å². The van der Waals surface area contributed by atoms with Crippen molar-refractivity contribution < 1.29 is 0 Å². The molecule has 0 saturated heterocycles. The van der Waals surface area contributed by atoms with Gasteiger partial charge in [-0.15, -0.1) is 0 Å². The molecule has 0 spiro atoms. The molecule has 0 fully saturated rings. The summed E-state index contributed by atoms with van der Waals surface area (Å²) < 4.78 is 0. The predicted octanol–water partition coefficient (Wildman–Crippen LogP) is 1.82. The van der Waals surface area contributed by atoms with Gasteiger partial charge in [-0.05, 0) is 44.0 Å². The van der Waals surface area contributed by atoms with E-state index < -0.39 is 0 Å². The predicted molar refractivity (Wildman–Crippen MR) is 54.9 cm³/mol. The zero-order chi connectivity index (χ0) is 9.26. The fourth-order valence-electron chi connectivity index (χ4n) is 2.16. The Morgan fingerprint density at radius 1 is 1.46 bits per heavy atom. The highest BCUT2D eigenvalue weighted by Gasteiger charge is 2.21. The summed E-state index contributed by atoms with van der Waals surface area (Å²) in [5.41, 5.74) is 3.05. The van der Waals surface area contributed by atoms with Crippen molar-refractivity contribution in [2.24, 2.45) is 0 Å². The Kier molecular flexibility index (Phi) is 2.40. The monoisotopic (exact) mass is 178 g/mol. The molecule has 0 amide bonds. The smallest absolute Gasteiger partial charge is 0.0136 e. The van der Waals surface area contributed by atoms with E-state index in [2.05, 4.69) is 36.2 Å². The van der Waals surface area contributed by atoms with E-state index in [1.54, 1.807) is 0 Å². The molecule has 0 bridgehead atoms. The second kappa shape index (κ2) is 3.54. The topological polar surface area (TPSA) is 19.0 Å². The van der Waals surface area contributed by atoms with Gasteiger partial charge >= 0.3 is 0 Å². The standard InChI is InChI=1S/C11H18N2/c1-3-13(2)11-5-4-9-7-12-8-10(9)6-11/h7-8,11-12H,3-6H2,1-2H3. The van der Waals surface area contributed by atoms with Crippen molar-refractivity contribution in [3.63, 3.8) is 0 Å². The van der Waals surface area contributed by atoms with Crippen molar-refractivity contribution in [2.45, 2.75) is 32.2 Å². The van der Waals surface area contributed by atoms with Crippen LogP contribution in [0.15, 0.2) is 12.4 Å². The molecule has 1 unspecified atom stereocenters. The van der Waals surface area contributed by atoms with E-state index in [1.807, 2.05) is 0 Å². The maximum absolute atomic E-state index is 3.20. The molecule has 1 aromatic rings. The van der Waals surface area contributed by atoms with E-state index in [0.717, 1.165) is 12.6 Å². The third kappa shape index (κ3) is 1.63. The van der Waals surface area contributed by atoms with Crippen LogP contribution in [0.3, 0.4) is 0 Å². The number of aromatic amines is 1. The van der Waals surface area contributed by atoms with E-state index in [4.69, 9.17) is 0 Å². The molecule has 1 N–H and O–H groups in total. The first-order valence-corrected chi connectivity index (χ1v) is 5.16. The summed E-state index contributed by atoms with van der Waals surface area (Å²) in [5.74, 6) is 0. The van der Waals surface area contributed by atoms with Crippen molar-refractivity contribution in [1.29, 1.82) is 0 Å². The summed E-state index contributed by atoms with van der Waals surface area (Å²) >= 11 is 0. The summed E-state index contributed by atoms with van der Waals surface area (Å²) in [5, 5.41) is 0. The second-order valence-electron chi connectivity index (χ2n) is 3.98. The Morgan fingerprint density at radius 3 is 3.00 bits per heavy atom. The van der Waals surface area contributed by atoms with Gasteiger partial charge in [-0.25, -0.2) is 0 Å². The van der Waals surface area contributed by atoms with Crippen LogP contribution in [0.2, 0.25) is 0 Å². The lowest BCUT2D eigenvalue weighted by molar-refractivity contribution is 0.233. The fourth-order valence-corrected chi connectivity index (χ4v) is 2.16. The van der Waals surface area contributed by atoms with Crippen LogP contribution in [0.4, 0.5) is 0 Å². The summed E-state index contributed by atoms with van der Waals surface area (Å²) in [4.78, 5) is 5.65. The molecule has 1 aromatic heterocycles. The number of fused-ring (bicyclic) bond motifs is 1. The molecule has 2 rings (SSSR count). The average Bonchev–Trinajstić information content (AvgIpc) is 2.63. The Labute approximate surface area is 79.9 Å². The minimum Gasteiger partial charge on any atom is -0.367 e. The Morgan fingerprint density at radius 2 is 2.23 bits per heavy atom. The number of nitrogens with zero attached hydrogens (tertiary/aromatic N) is 1. The number of aromatic nitrogens is 1. The lowest BCUT2D eigenvalue weighted by Crippen LogP contribution is -2.35. The third-order valence-electron chi connectivity index (χ3n) is 3.25. The molecule has 0 aromatic carbocycles. The molecule has 0 radical (unpaired) electrons. The molecular formula is C11H18N2. The quantitative estimate of drug-likeness (QED) is 0.732. The zero-order valence-electron chi connectivity index (χ0n) is 8.51. The van der Waals surface area contributed by atoms with Gasteiger partial charge in [0.25, 0.3) is 0 Å². The van der Waals surface area contributed by atoms with E-state index in [-0.39, 0.29) is 0 Å². The first kappa shape index (κ1) is 8.82. The Bertz CT molecular complexity index is 277. The van der Waals surface area contributed by atoms with Crippen molar-refractivity contribution in [2.75, 3.05) is 13.6 Å². The highest BCUT2D eigenvalue weighted by Crippen LogP contribution is 2.23. The number of likely N-dealkylation sites (N-methyl/N-ethyl adjacent to an activating group) is 1. The van der Waals surface area contributed by atoms with Crippen LogP contribution in [-0.4, -0.2) is 29.5 Å². The normalized spacial score (nSPS) is 21.9. The molecular weight excluding hydrogens is 160 g/mol. The number of nitrogens with one attached hydrogen (secondary N) is 1. The van der Waals surface area contributed by atoms with Crippen molar-refractivity contribution >= 4 is 0 Å².